The number of benzene rings is 1. The Labute approximate surface area is 143 Å². The predicted octanol–water partition coefficient (Wildman–Crippen LogP) is 4.21. The number of rotatable bonds is 6. The first-order valence-electron chi connectivity index (χ1n) is 7.82. The lowest BCUT2D eigenvalue weighted by atomic mass is 10.1. The van der Waals surface area contributed by atoms with Gasteiger partial charge in [0, 0.05) is 12.2 Å². The fourth-order valence-corrected chi connectivity index (χ4v) is 1.97. The third-order valence-corrected chi connectivity index (χ3v) is 3.40. The summed E-state index contributed by atoms with van der Waals surface area (Å²) in [5.41, 5.74) is -0.449. The topological polar surface area (TPSA) is 66.9 Å². The van der Waals surface area contributed by atoms with Crippen LogP contribution in [-0.2, 0) is 6.18 Å². The molecule has 0 spiro atoms. The summed E-state index contributed by atoms with van der Waals surface area (Å²) in [6.07, 6.45) is -3.43. The first kappa shape index (κ1) is 18.7. The molecule has 25 heavy (non-hydrogen) atoms. The zero-order valence-corrected chi connectivity index (χ0v) is 13.9. The Kier molecular flexibility index (Phi) is 5.95. The van der Waals surface area contributed by atoms with Crippen LogP contribution in [0.2, 0.25) is 0 Å². The van der Waals surface area contributed by atoms with Crippen molar-refractivity contribution in [2.24, 2.45) is 5.92 Å². The van der Waals surface area contributed by atoms with Crippen LogP contribution in [0.25, 0.3) is 0 Å². The van der Waals surface area contributed by atoms with Crippen molar-refractivity contribution < 1.29 is 18.0 Å². The summed E-state index contributed by atoms with van der Waals surface area (Å²) < 4.78 is 37.5. The van der Waals surface area contributed by atoms with Crippen LogP contribution in [0, 0.1) is 5.92 Å². The first-order valence-corrected chi connectivity index (χ1v) is 7.82. The van der Waals surface area contributed by atoms with E-state index in [0.717, 1.165) is 25.1 Å². The van der Waals surface area contributed by atoms with Crippen molar-refractivity contribution in [1.82, 2.24) is 10.2 Å². The monoisotopic (exact) mass is 352 g/mol. The summed E-state index contributed by atoms with van der Waals surface area (Å²) in [7, 11) is 0. The molecule has 1 aromatic heterocycles. The van der Waals surface area contributed by atoms with Crippen molar-refractivity contribution >= 4 is 17.4 Å². The van der Waals surface area contributed by atoms with Gasteiger partial charge < -0.3 is 10.6 Å². The maximum absolute atomic E-state index is 12.5. The van der Waals surface area contributed by atoms with Crippen LogP contribution in [0.5, 0.6) is 0 Å². The minimum absolute atomic E-state index is 0.0781. The zero-order chi connectivity index (χ0) is 18.4. The molecule has 0 saturated heterocycles. The van der Waals surface area contributed by atoms with Crippen molar-refractivity contribution in [1.29, 1.82) is 0 Å². The smallest absolute Gasteiger partial charge is 0.369 e. The SMILES string of the molecule is CC(C)CCNc1ccc(C(=O)Nc2ccc(C(F)(F)F)cc2)nn1. The number of hydrogen-bond donors (Lipinski definition) is 2. The summed E-state index contributed by atoms with van der Waals surface area (Å²) in [4.78, 5) is 12.1. The molecule has 2 N–H and O–H groups in total. The van der Waals surface area contributed by atoms with Gasteiger partial charge in [-0.25, -0.2) is 0 Å². The van der Waals surface area contributed by atoms with Gasteiger partial charge in [0.25, 0.3) is 5.91 Å². The molecular formula is C17H19F3N4O. The van der Waals surface area contributed by atoms with Gasteiger partial charge in [-0.2, -0.15) is 13.2 Å². The highest BCUT2D eigenvalue weighted by atomic mass is 19.4. The van der Waals surface area contributed by atoms with Gasteiger partial charge in [-0.3, -0.25) is 4.79 Å². The van der Waals surface area contributed by atoms with Crippen molar-refractivity contribution in [3.63, 3.8) is 0 Å². The van der Waals surface area contributed by atoms with E-state index in [9.17, 15) is 18.0 Å². The number of amides is 1. The lowest BCUT2D eigenvalue weighted by Gasteiger charge is -2.09. The molecule has 0 unspecified atom stereocenters. The highest BCUT2D eigenvalue weighted by Crippen LogP contribution is 2.29. The largest absolute Gasteiger partial charge is 0.416 e. The molecule has 1 aromatic carbocycles. The fraction of sp³-hybridized carbons (Fsp3) is 0.353. The second-order valence-corrected chi connectivity index (χ2v) is 5.94. The lowest BCUT2D eigenvalue weighted by molar-refractivity contribution is -0.137. The number of anilines is 2. The highest BCUT2D eigenvalue weighted by molar-refractivity contribution is 6.02. The second-order valence-electron chi connectivity index (χ2n) is 5.94. The normalized spacial score (nSPS) is 11.4. The molecule has 0 saturated carbocycles. The molecule has 0 aliphatic rings. The molecule has 0 radical (unpaired) electrons. The van der Waals surface area contributed by atoms with Crippen molar-refractivity contribution in [3.8, 4) is 0 Å². The molecule has 8 heteroatoms. The Bertz CT molecular complexity index is 697. The molecule has 2 aromatic rings. The molecule has 134 valence electrons. The molecule has 0 fully saturated rings. The third kappa shape index (κ3) is 5.74. The van der Waals surface area contributed by atoms with Crippen molar-refractivity contribution in [3.05, 3.63) is 47.7 Å². The van der Waals surface area contributed by atoms with Crippen LogP contribution in [-0.4, -0.2) is 22.6 Å². The second kappa shape index (κ2) is 7.96. The van der Waals surface area contributed by atoms with Gasteiger partial charge in [-0.1, -0.05) is 13.8 Å². The number of nitrogens with zero attached hydrogens (tertiary/aromatic N) is 2. The number of hydrogen-bond acceptors (Lipinski definition) is 4. The lowest BCUT2D eigenvalue weighted by Crippen LogP contribution is -2.15. The van der Waals surface area contributed by atoms with E-state index in [-0.39, 0.29) is 11.4 Å². The van der Waals surface area contributed by atoms with Crippen LogP contribution < -0.4 is 10.6 Å². The number of carbonyl (C=O) groups is 1. The minimum atomic E-state index is -4.41. The van der Waals surface area contributed by atoms with Crippen LogP contribution in [0.1, 0.15) is 36.3 Å². The van der Waals surface area contributed by atoms with Gasteiger partial charge in [0.15, 0.2) is 5.69 Å². The van der Waals surface area contributed by atoms with E-state index in [4.69, 9.17) is 0 Å². The quantitative estimate of drug-likeness (QED) is 0.817. The van der Waals surface area contributed by atoms with E-state index < -0.39 is 17.6 Å². The molecule has 2 rings (SSSR count). The Hall–Kier alpha value is -2.64. The minimum Gasteiger partial charge on any atom is -0.369 e. The average Bonchev–Trinajstić information content (AvgIpc) is 2.55. The average molecular weight is 352 g/mol. The van der Waals surface area contributed by atoms with Crippen LogP contribution >= 0.6 is 0 Å². The number of alkyl halides is 3. The molecular weight excluding hydrogens is 333 g/mol. The van der Waals surface area contributed by atoms with Gasteiger partial charge in [0.2, 0.25) is 0 Å². The molecule has 0 bridgehead atoms. The van der Waals surface area contributed by atoms with Gasteiger partial charge in [0.05, 0.1) is 5.56 Å². The molecule has 0 aliphatic heterocycles. The Morgan fingerprint density at radius 3 is 2.28 bits per heavy atom. The number of halogens is 3. The van der Waals surface area contributed by atoms with Gasteiger partial charge in [0.1, 0.15) is 5.82 Å². The Balaban J connectivity index is 1.94. The molecule has 0 atom stereocenters. The Morgan fingerprint density at radius 2 is 1.76 bits per heavy atom. The number of aromatic nitrogens is 2. The van der Waals surface area contributed by atoms with Gasteiger partial charge in [-0.05, 0) is 48.7 Å². The third-order valence-electron chi connectivity index (χ3n) is 3.40. The number of carbonyl (C=O) groups excluding carboxylic acids is 1. The maximum Gasteiger partial charge on any atom is 0.416 e. The summed E-state index contributed by atoms with van der Waals surface area (Å²) in [5, 5.41) is 13.3. The number of nitrogens with one attached hydrogen (secondary N) is 2. The van der Waals surface area contributed by atoms with E-state index in [1.54, 1.807) is 6.07 Å². The highest BCUT2D eigenvalue weighted by Gasteiger charge is 2.30. The summed E-state index contributed by atoms with van der Waals surface area (Å²) >= 11 is 0. The van der Waals surface area contributed by atoms with E-state index in [0.29, 0.717) is 11.7 Å². The van der Waals surface area contributed by atoms with Gasteiger partial charge in [-0.15, -0.1) is 10.2 Å². The maximum atomic E-state index is 12.5. The van der Waals surface area contributed by atoms with Gasteiger partial charge >= 0.3 is 6.18 Å². The summed E-state index contributed by atoms with van der Waals surface area (Å²) in [5.74, 6) is 0.585. The Morgan fingerprint density at radius 1 is 1.08 bits per heavy atom. The van der Waals surface area contributed by atoms with Crippen molar-refractivity contribution in [2.75, 3.05) is 17.2 Å². The zero-order valence-electron chi connectivity index (χ0n) is 13.9. The molecule has 0 aliphatic carbocycles. The fourth-order valence-electron chi connectivity index (χ4n) is 1.97. The van der Waals surface area contributed by atoms with Crippen LogP contribution in [0.3, 0.4) is 0 Å². The van der Waals surface area contributed by atoms with Crippen molar-refractivity contribution in [2.45, 2.75) is 26.4 Å². The summed E-state index contributed by atoms with van der Waals surface area (Å²) in [6, 6.07) is 7.33. The van der Waals surface area contributed by atoms with E-state index >= 15 is 0 Å². The molecule has 1 amide bonds. The molecule has 1 heterocycles. The standard InChI is InChI=1S/C17H19F3N4O/c1-11(2)9-10-21-15-8-7-14(23-24-15)16(25)22-13-5-3-12(4-6-13)17(18,19)20/h3-8,11H,9-10H2,1-2H3,(H,21,24)(H,22,25). The predicted molar refractivity (Wildman–Crippen MR) is 89.4 cm³/mol. The van der Waals surface area contributed by atoms with Crippen LogP contribution in [0.4, 0.5) is 24.7 Å². The first-order chi connectivity index (χ1) is 11.8. The van der Waals surface area contributed by atoms with E-state index in [2.05, 4.69) is 34.7 Å². The van der Waals surface area contributed by atoms with Crippen LogP contribution in [0.15, 0.2) is 36.4 Å². The van der Waals surface area contributed by atoms with E-state index in [1.165, 1.54) is 18.2 Å². The molecule has 5 nitrogen and oxygen atoms in total. The van der Waals surface area contributed by atoms with E-state index in [1.807, 2.05) is 0 Å². The summed E-state index contributed by atoms with van der Waals surface area (Å²) in [6.45, 7) is 4.98.